The second kappa shape index (κ2) is 10.1. The van der Waals surface area contributed by atoms with Gasteiger partial charge in [-0.15, -0.1) is 0 Å². The van der Waals surface area contributed by atoms with Crippen LogP contribution in [0.3, 0.4) is 0 Å². The van der Waals surface area contributed by atoms with Gasteiger partial charge < -0.3 is 14.6 Å². The molecule has 0 aliphatic carbocycles. The topological polar surface area (TPSA) is 98.9 Å². The van der Waals surface area contributed by atoms with Crippen molar-refractivity contribution in [3.8, 4) is 17.2 Å². The zero-order valence-electron chi connectivity index (χ0n) is 16.7. The summed E-state index contributed by atoms with van der Waals surface area (Å²) in [7, 11) is 0. The predicted octanol–water partition coefficient (Wildman–Crippen LogP) is 5.27. The van der Waals surface area contributed by atoms with Crippen molar-refractivity contribution in [2.24, 2.45) is 0 Å². The van der Waals surface area contributed by atoms with Crippen LogP contribution in [0.1, 0.15) is 48.2 Å². The van der Waals surface area contributed by atoms with Crippen molar-refractivity contribution in [1.82, 2.24) is 0 Å². The lowest BCUT2D eigenvalue weighted by molar-refractivity contribution is -0.384. The zero-order chi connectivity index (χ0) is 21.6. The van der Waals surface area contributed by atoms with Crippen LogP contribution in [0, 0.1) is 17.0 Å². The molecule has 0 spiro atoms. The minimum absolute atomic E-state index is 0.0304. The van der Waals surface area contributed by atoms with E-state index in [1.165, 1.54) is 19.1 Å². The predicted molar refractivity (Wildman–Crippen MR) is 111 cm³/mol. The van der Waals surface area contributed by atoms with Gasteiger partial charge in [0.05, 0.1) is 29.8 Å². The minimum atomic E-state index is -0.551. The molecule has 29 heavy (non-hydrogen) atoms. The Morgan fingerprint density at radius 2 is 1.86 bits per heavy atom. The van der Waals surface area contributed by atoms with Crippen LogP contribution >= 0.6 is 11.6 Å². The highest BCUT2D eigenvalue weighted by Crippen LogP contribution is 2.34. The third-order valence-electron chi connectivity index (χ3n) is 4.36. The van der Waals surface area contributed by atoms with Crippen LogP contribution in [0.15, 0.2) is 24.3 Å². The van der Waals surface area contributed by atoms with Gasteiger partial charge in [0.1, 0.15) is 22.3 Å². The Labute approximate surface area is 174 Å². The van der Waals surface area contributed by atoms with Crippen LogP contribution in [-0.4, -0.2) is 29.0 Å². The van der Waals surface area contributed by atoms with Crippen molar-refractivity contribution >= 4 is 23.1 Å². The first kappa shape index (κ1) is 22.5. The molecule has 2 aromatic rings. The second-order valence-electron chi connectivity index (χ2n) is 6.62. The number of nitrogens with zero attached hydrogens (tertiary/aromatic N) is 1. The van der Waals surface area contributed by atoms with Crippen molar-refractivity contribution < 1.29 is 24.3 Å². The molecule has 8 heteroatoms. The maximum atomic E-state index is 11.6. The number of hydrogen-bond acceptors (Lipinski definition) is 6. The summed E-state index contributed by atoms with van der Waals surface area (Å²) in [4.78, 5) is 22.1. The third kappa shape index (κ3) is 5.60. The summed E-state index contributed by atoms with van der Waals surface area (Å²) in [5.41, 5.74) is 1.40. The first-order valence-corrected chi connectivity index (χ1v) is 9.70. The first-order chi connectivity index (χ1) is 13.8. The van der Waals surface area contributed by atoms with Gasteiger partial charge in [-0.1, -0.05) is 24.9 Å². The number of phenolic OH excluding ortho intramolecular Hbond substituents is 1. The van der Waals surface area contributed by atoms with E-state index in [2.05, 4.69) is 0 Å². The largest absolute Gasteiger partial charge is 0.507 e. The number of carbonyl (C=O) groups excluding carboxylic acids is 1. The van der Waals surface area contributed by atoms with Crippen LogP contribution in [0.2, 0.25) is 5.02 Å². The number of rotatable bonds is 10. The van der Waals surface area contributed by atoms with Crippen molar-refractivity contribution in [2.75, 3.05) is 13.2 Å². The number of phenols is 1. The molecule has 7 nitrogen and oxygen atoms in total. The number of halogens is 1. The van der Waals surface area contributed by atoms with Crippen molar-refractivity contribution in [3.63, 3.8) is 0 Å². The molecule has 0 saturated carbocycles. The highest BCUT2D eigenvalue weighted by Gasteiger charge is 2.17. The summed E-state index contributed by atoms with van der Waals surface area (Å²) in [5, 5.41) is 21.4. The molecule has 0 aliphatic heterocycles. The third-order valence-corrected chi connectivity index (χ3v) is 4.67. The van der Waals surface area contributed by atoms with E-state index in [1.807, 2.05) is 6.92 Å². The maximum absolute atomic E-state index is 11.6. The number of aryl methyl sites for hydroxylation is 1. The molecule has 0 aromatic heterocycles. The molecule has 0 atom stereocenters. The van der Waals surface area contributed by atoms with Crippen LogP contribution < -0.4 is 9.47 Å². The highest BCUT2D eigenvalue weighted by molar-refractivity contribution is 6.32. The van der Waals surface area contributed by atoms with E-state index in [4.69, 9.17) is 21.1 Å². The summed E-state index contributed by atoms with van der Waals surface area (Å²) in [6.45, 7) is 5.76. The van der Waals surface area contributed by atoms with E-state index in [0.717, 1.165) is 6.42 Å². The van der Waals surface area contributed by atoms with Crippen molar-refractivity contribution in [2.45, 2.75) is 40.0 Å². The number of Topliss-reactive ketones (excluding diaryl/α,β-unsaturated/α-hetero) is 1. The second-order valence-corrected chi connectivity index (χ2v) is 7.03. The molecule has 0 unspecified atom stereocenters. The van der Waals surface area contributed by atoms with Crippen molar-refractivity contribution in [3.05, 3.63) is 56.1 Å². The molecule has 156 valence electrons. The fourth-order valence-electron chi connectivity index (χ4n) is 2.89. The number of ketones is 1. The molecule has 1 N–H and O–H groups in total. The summed E-state index contributed by atoms with van der Waals surface area (Å²) in [5.74, 6) is 0.702. The molecule has 0 radical (unpaired) electrons. The smallest absolute Gasteiger partial charge is 0.291 e. The van der Waals surface area contributed by atoms with E-state index in [1.54, 1.807) is 19.1 Å². The fraction of sp³-hybridized carbons (Fsp3) is 0.381. The lowest BCUT2D eigenvalue weighted by Crippen LogP contribution is -2.08. The van der Waals surface area contributed by atoms with E-state index >= 15 is 0 Å². The number of ether oxygens (including phenoxy) is 2. The molecule has 0 aliphatic rings. The van der Waals surface area contributed by atoms with Gasteiger partial charge in [0.25, 0.3) is 5.69 Å². The van der Waals surface area contributed by atoms with E-state index < -0.39 is 4.92 Å². The number of hydrogen-bond donors (Lipinski definition) is 1. The van der Waals surface area contributed by atoms with Crippen LogP contribution in [0.25, 0.3) is 0 Å². The number of carbonyl (C=O) groups is 1. The standard InChI is InChI=1S/C21H24ClNO6/c1-4-6-16-19(8-7-15(14(3)24)21(16)25)28-9-5-10-29-20-12-18(23(26)27)17(22)11-13(20)2/h7-8,11-12,25H,4-6,9-10H2,1-3H3. The SMILES string of the molecule is CCCc1c(OCCCOc2cc([N+](=O)[O-])c(Cl)cc2C)ccc(C(C)=O)c1O. The lowest BCUT2D eigenvalue weighted by atomic mass is 10.0. The molecular weight excluding hydrogens is 398 g/mol. The van der Waals surface area contributed by atoms with Gasteiger partial charge in [-0.05, 0) is 44.0 Å². The van der Waals surface area contributed by atoms with Gasteiger partial charge in [-0.25, -0.2) is 0 Å². The molecule has 2 rings (SSSR count). The van der Waals surface area contributed by atoms with Gasteiger partial charge in [-0.2, -0.15) is 0 Å². The Morgan fingerprint density at radius 1 is 1.21 bits per heavy atom. The monoisotopic (exact) mass is 421 g/mol. The molecule has 2 aromatic carbocycles. The van der Waals surface area contributed by atoms with E-state index in [-0.39, 0.29) is 27.8 Å². The molecule has 0 amide bonds. The Balaban J connectivity index is 1.98. The molecular formula is C21H24ClNO6. The van der Waals surface area contributed by atoms with Gasteiger partial charge >= 0.3 is 0 Å². The summed E-state index contributed by atoms with van der Waals surface area (Å²) < 4.78 is 11.4. The summed E-state index contributed by atoms with van der Waals surface area (Å²) >= 11 is 5.87. The van der Waals surface area contributed by atoms with Crippen LogP contribution in [-0.2, 0) is 6.42 Å². The minimum Gasteiger partial charge on any atom is -0.507 e. The Bertz CT molecular complexity index is 913. The lowest BCUT2D eigenvalue weighted by Gasteiger charge is -2.15. The van der Waals surface area contributed by atoms with Crippen LogP contribution in [0.5, 0.6) is 17.2 Å². The van der Waals surface area contributed by atoms with Gasteiger partial charge in [0.2, 0.25) is 0 Å². The Hall–Kier alpha value is -2.80. The molecule has 0 fully saturated rings. The number of aromatic hydroxyl groups is 1. The van der Waals surface area contributed by atoms with Crippen LogP contribution in [0.4, 0.5) is 5.69 Å². The highest BCUT2D eigenvalue weighted by atomic mass is 35.5. The average molecular weight is 422 g/mol. The molecule has 0 heterocycles. The Kier molecular flexibility index (Phi) is 7.84. The first-order valence-electron chi connectivity index (χ1n) is 9.32. The van der Waals surface area contributed by atoms with Gasteiger partial charge in [-0.3, -0.25) is 14.9 Å². The van der Waals surface area contributed by atoms with E-state index in [9.17, 15) is 20.0 Å². The van der Waals surface area contributed by atoms with Crippen molar-refractivity contribution in [1.29, 1.82) is 0 Å². The number of nitro benzene ring substituents is 1. The average Bonchev–Trinajstić information content (AvgIpc) is 2.64. The zero-order valence-corrected chi connectivity index (χ0v) is 17.4. The summed E-state index contributed by atoms with van der Waals surface area (Å²) in [6, 6.07) is 6.06. The number of nitro groups is 1. The van der Waals surface area contributed by atoms with Gasteiger partial charge in [0.15, 0.2) is 5.78 Å². The molecule has 0 bridgehead atoms. The summed E-state index contributed by atoms with van der Waals surface area (Å²) in [6.07, 6.45) is 1.91. The molecule has 0 saturated heterocycles. The number of benzene rings is 2. The fourth-order valence-corrected chi connectivity index (χ4v) is 3.18. The maximum Gasteiger partial charge on any atom is 0.291 e. The van der Waals surface area contributed by atoms with E-state index in [0.29, 0.717) is 48.7 Å². The Morgan fingerprint density at radius 3 is 2.45 bits per heavy atom. The normalized spacial score (nSPS) is 10.6. The quantitative estimate of drug-likeness (QED) is 0.243. The van der Waals surface area contributed by atoms with Gasteiger partial charge in [0, 0.05) is 12.0 Å².